The fourth-order valence-corrected chi connectivity index (χ4v) is 1.32. The summed E-state index contributed by atoms with van der Waals surface area (Å²) in [6, 6.07) is 9.27. The van der Waals surface area contributed by atoms with Gasteiger partial charge in [-0.2, -0.15) is 0 Å². The van der Waals surface area contributed by atoms with Gasteiger partial charge in [-0.3, -0.25) is 5.32 Å². The molecule has 0 bridgehead atoms. The molecule has 0 aliphatic rings. The molecular weight excluding hydrogens is 246 g/mol. The van der Waals surface area contributed by atoms with E-state index in [1.807, 2.05) is 30.3 Å². The molecule has 5 nitrogen and oxygen atoms in total. The van der Waals surface area contributed by atoms with Gasteiger partial charge in [-0.1, -0.05) is 36.4 Å². The quantitative estimate of drug-likeness (QED) is 0.654. The molecular formula is C14H17NO4. The van der Waals surface area contributed by atoms with Crippen LogP contribution in [0.5, 0.6) is 0 Å². The number of rotatable bonds is 5. The maximum atomic E-state index is 11.5. The van der Waals surface area contributed by atoms with Gasteiger partial charge in [-0.15, -0.1) is 0 Å². The lowest BCUT2D eigenvalue weighted by atomic mass is 10.2. The molecule has 0 aliphatic carbocycles. The van der Waals surface area contributed by atoms with Crippen molar-refractivity contribution in [3.63, 3.8) is 0 Å². The summed E-state index contributed by atoms with van der Waals surface area (Å²) in [7, 11) is 0. The number of nitrogens with one attached hydrogen (secondary N) is 1. The average Bonchev–Trinajstić information content (AvgIpc) is 2.44. The van der Waals surface area contributed by atoms with Crippen LogP contribution in [0, 0.1) is 0 Å². The number of hydrogen-bond acceptors (Lipinski definition) is 4. The summed E-state index contributed by atoms with van der Waals surface area (Å²) < 4.78 is 9.77. The topological polar surface area (TPSA) is 64.6 Å². The Morgan fingerprint density at radius 3 is 2.47 bits per heavy atom. The SMILES string of the molecule is CC=C(NC(=O)OCc1ccccc1)C(=O)OCC. The molecule has 0 aromatic heterocycles. The van der Waals surface area contributed by atoms with Gasteiger partial charge in [0, 0.05) is 0 Å². The molecule has 1 aromatic carbocycles. The first-order valence-corrected chi connectivity index (χ1v) is 5.98. The highest BCUT2D eigenvalue weighted by Crippen LogP contribution is 2.01. The molecule has 1 N–H and O–H groups in total. The molecule has 0 atom stereocenters. The first kappa shape index (κ1) is 14.8. The van der Waals surface area contributed by atoms with E-state index < -0.39 is 12.1 Å². The lowest BCUT2D eigenvalue weighted by molar-refractivity contribution is -0.138. The second-order valence-corrected chi connectivity index (χ2v) is 3.61. The number of carbonyl (C=O) groups excluding carboxylic acids is 2. The molecule has 0 saturated heterocycles. The Kier molecular flexibility index (Phi) is 6.15. The van der Waals surface area contributed by atoms with Gasteiger partial charge < -0.3 is 9.47 Å². The molecule has 1 amide bonds. The second-order valence-electron chi connectivity index (χ2n) is 3.61. The van der Waals surface area contributed by atoms with Crippen molar-refractivity contribution < 1.29 is 19.1 Å². The van der Waals surface area contributed by atoms with E-state index in [9.17, 15) is 9.59 Å². The Bertz CT molecular complexity index is 454. The maximum absolute atomic E-state index is 11.5. The molecule has 0 unspecified atom stereocenters. The van der Waals surface area contributed by atoms with Gasteiger partial charge in [0.1, 0.15) is 12.3 Å². The summed E-state index contributed by atoms with van der Waals surface area (Å²) in [5.74, 6) is -0.582. The van der Waals surface area contributed by atoms with Gasteiger partial charge >= 0.3 is 12.1 Å². The lowest BCUT2D eigenvalue weighted by Crippen LogP contribution is -2.29. The third-order valence-electron chi connectivity index (χ3n) is 2.23. The number of benzene rings is 1. The van der Waals surface area contributed by atoms with Crippen molar-refractivity contribution in [3.8, 4) is 0 Å². The zero-order valence-corrected chi connectivity index (χ0v) is 11.0. The van der Waals surface area contributed by atoms with E-state index in [0.717, 1.165) is 5.56 Å². The van der Waals surface area contributed by atoms with Crippen molar-refractivity contribution in [1.29, 1.82) is 0 Å². The third kappa shape index (κ3) is 5.25. The number of alkyl carbamates (subject to hydrolysis) is 1. The van der Waals surface area contributed by atoms with E-state index in [1.54, 1.807) is 13.8 Å². The molecule has 5 heteroatoms. The van der Waals surface area contributed by atoms with Crippen LogP contribution in [0.15, 0.2) is 42.1 Å². The van der Waals surface area contributed by atoms with Crippen LogP contribution in [0.3, 0.4) is 0 Å². The van der Waals surface area contributed by atoms with Gasteiger partial charge in [-0.05, 0) is 19.4 Å². The van der Waals surface area contributed by atoms with Gasteiger partial charge in [0.25, 0.3) is 0 Å². The predicted molar refractivity (Wildman–Crippen MR) is 70.2 cm³/mol. The van der Waals surface area contributed by atoms with Gasteiger partial charge in [0.15, 0.2) is 0 Å². The van der Waals surface area contributed by atoms with Crippen molar-refractivity contribution in [3.05, 3.63) is 47.7 Å². The molecule has 0 radical (unpaired) electrons. The summed E-state index contributed by atoms with van der Waals surface area (Å²) in [5, 5.41) is 2.35. The fraction of sp³-hybridized carbons (Fsp3) is 0.286. The molecule has 19 heavy (non-hydrogen) atoms. The molecule has 1 rings (SSSR count). The van der Waals surface area contributed by atoms with Crippen molar-refractivity contribution in [1.82, 2.24) is 5.32 Å². The van der Waals surface area contributed by atoms with E-state index in [-0.39, 0.29) is 18.9 Å². The monoisotopic (exact) mass is 263 g/mol. The van der Waals surface area contributed by atoms with Crippen LogP contribution < -0.4 is 5.32 Å². The number of allylic oxidation sites excluding steroid dienone is 1. The predicted octanol–water partition coefficient (Wildman–Crippen LogP) is 2.38. The summed E-state index contributed by atoms with van der Waals surface area (Å²) in [5.41, 5.74) is 0.940. The van der Waals surface area contributed by atoms with E-state index in [4.69, 9.17) is 9.47 Å². The number of amides is 1. The van der Waals surface area contributed by atoms with Crippen LogP contribution in [0.2, 0.25) is 0 Å². The number of carbonyl (C=O) groups is 2. The Morgan fingerprint density at radius 1 is 1.21 bits per heavy atom. The van der Waals surface area contributed by atoms with Gasteiger partial charge in [-0.25, -0.2) is 9.59 Å². The second kappa shape index (κ2) is 7.92. The van der Waals surface area contributed by atoms with Crippen molar-refractivity contribution in [2.24, 2.45) is 0 Å². The van der Waals surface area contributed by atoms with Crippen LogP contribution >= 0.6 is 0 Å². The smallest absolute Gasteiger partial charge is 0.412 e. The first-order valence-electron chi connectivity index (χ1n) is 5.98. The van der Waals surface area contributed by atoms with Gasteiger partial charge in [0.2, 0.25) is 0 Å². The van der Waals surface area contributed by atoms with Crippen molar-refractivity contribution in [2.45, 2.75) is 20.5 Å². The van der Waals surface area contributed by atoms with Crippen LogP contribution in [0.1, 0.15) is 19.4 Å². The highest BCUT2D eigenvalue weighted by molar-refractivity contribution is 5.92. The largest absolute Gasteiger partial charge is 0.461 e. The minimum Gasteiger partial charge on any atom is -0.461 e. The van der Waals surface area contributed by atoms with E-state index in [0.29, 0.717) is 0 Å². The normalized spacial score (nSPS) is 10.7. The lowest BCUT2D eigenvalue weighted by Gasteiger charge is -2.09. The molecule has 0 spiro atoms. The minimum atomic E-state index is -0.690. The standard InChI is InChI=1S/C14H17NO4/c1-3-12(13(16)18-4-2)15-14(17)19-10-11-8-6-5-7-9-11/h3,5-9H,4,10H2,1-2H3,(H,15,17). The van der Waals surface area contributed by atoms with Crippen molar-refractivity contribution >= 4 is 12.1 Å². The average molecular weight is 263 g/mol. The molecule has 0 saturated carbocycles. The highest BCUT2D eigenvalue weighted by Gasteiger charge is 2.13. The first-order chi connectivity index (χ1) is 9.17. The number of ether oxygens (including phenoxy) is 2. The Labute approximate surface area is 112 Å². The molecule has 1 aromatic rings. The van der Waals surface area contributed by atoms with Crippen LogP contribution in [-0.4, -0.2) is 18.7 Å². The number of hydrogen-bond donors (Lipinski definition) is 1. The molecule has 0 heterocycles. The summed E-state index contributed by atoms with van der Waals surface area (Å²) in [6.07, 6.45) is 0.770. The van der Waals surface area contributed by atoms with E-state index in [1.165, 1.54) is 6.08 Å². The zero-order valence-electron chi connectivity index (χ0n) is 11.0. The number of esters is 1. The third-order valence-corrected chi connectivity index (χ3v) is 2.23. The molecule has 0 fully saturated rings. The van der Waals surface area contributed by atoms with Crippen LogP contribution in [-0.2, 0) is 20.9 Å². The molecule has 0 aliphatic heterocycles. The van der Waals surface area contributed by atoms with E-state index in [2.05, 4.69) is 5.32 Å². The van der Waals surface area contributed by atoms with Crippen molar-refractivity contribution in [2.75, 3.05) is 6.61 Å². The maximum Gasteiger partial charge on any atom is 0.412 e. The Balaban J connectivity index is 2.44. The molecule has 102 valence electrons. The minimum absolute atomic E-state index is 0.0694. The van der Waals surface area contributed by atoms with Gasteiger partial charge in [0.05, 0.1) is 6.61 Å². The van der Waals surface area contributed by atoms with Crippen LogP contribution in [0.25, 0.3) is 0 Å². The summed E-state index contributed by atoms with van der Waals surface area (Å²) in [4.78, 5) is 22.9. The highest BCUT2D eigenvalue weighted by atomic mass is 16.6. The summed E-state index contributed by atoms with van der Waals surface area (Å²) >= 11 is 0. The Morgan fingerprint density at radius 2 is 1.89 bits per heavy atom. The Hall–Kier alpha value is -2.30. The summed E-state index contributed by atoms with van der Waals surface area (Å²) in [6.45, 7) is 3.71. The zero-order chi connectivity index (χ0) is 14.1. The van der Waals surface area contributed by atoms with Crippen LogP contribution in [0.4, 0.5) is 4.79 Å². The fourth-order valence-electron chi connectivity index (χ4n) is 1.32. The van der Waals surface area contributed by atoms with E-state index >= 15 is 0 Å².